The first-order valence-corrected chi connectivity index (χ1v) is 7.11. The topological polar surface area (TPSA) is 68.3 Å². The number of rotatable bonds is 4. The molecule has 0 spiro atoms. The second-order valence-corrected chi connectivity index (χ2v) is 5.22. The molecule has 5 nitrogen and oxygen atoms in total. The van der Waals surface area contributed by atoms with Crippen LogP contribution >= 0.6 is 23.2 Å². The third kappa shape index (κ3) is 4.19. The molecule has 7 heteroatoms. The Balaban J connectivity index is 1.99. The molecule has 2 aromatic rings. The van der Waals surface area contributed by atoms with E-state index in [2.05, 4.69) is 10.3 Å². The maximum Gasteiger partial charge on any atom is 0.357 e. The molecule has 1 aromatic heterocycles. The molecule has 1 aromatic carbocycles. The SMILES string of the molecule is CC(OC(=O)c1ccccn1)C(=O)Nc1ccc(Cl)cc1Cl. The summed E-state index contributed by atoms with van der Waals surface area (Å²) in [5, 5.41) is 3.32. The molecule has 0 aliphatic heterocycles. The first kappa shape index (κ1) is 16.3. The lowest BCUT2D eigenvalue weighted by Gasteiger charge is -2.14. The average molecular weight is 339 g/mol. The maximum absolute atomic E-state index is 12.0. The Morgan fingerprint density at radius 1 is 1.23 bits per heavy atom. The minimum Gasteiger partial charge on any atom is -0.448 e. The fourth-order valence-corrected chi connectivity index (χ4v) is 2.04. The van der Waals surface area contributed by atoms with Gasteiger partial charge in [0.25, 0.3) is 5.91 Å². The Hall–Kier alpha value is -2.11. The Bertz CT molecular complexity index is 692. The third-order valence-corrected chi connectivity index (χ3v) is 3.26. The largest absolute Gasteiger partial charge is 0.448 e. The van der Waals surface area contributed by atoms with Crippen molar-refractivity contribution in [1.82, 2.24) is 4.98 Å². The molecular formula is C15H12Cl2N2O3. The lowest BCUT2D eigenvalue weighted by molar-refractivity contribution is -0.123. The van der Waals surface area contributed by atoms with Gasteiger partial charge in [-0.05, 0) is 37.3 Å². The summed E-state index contributed by atoms with van der Waals surface area (Å²) >= 11 is 11.7. The number of halogens is 2. The number of anilines is 1. The van der Waals surface area contributed by atoms with Gasteiger partial charge in [0, 0.05) is 11.2 Å². The van der Waals surface area contributed by atoms with Gasteiger partial charge < -0.3 is 10.1 Å². The normalized spacial score (nSPS) is 11.6. The molecule has 0 saturated carbocycles. The summed E-state index contributed by atoms with van der Waals surface area (Å²) in [6.45, 7) is 1.46. The number of amides is 1. The van der Waals surface area contributed by atoms with Gasteiger partial charge in [0.05, 0.1) is 10.7 Å². The van der Waals surface area contributed by atoms with E-state index in [-0.39, 0.29) is 5.69 Å². The van der Waals surface area contributed by atoms with Gasteiger partial charge in [-0.15, -0.1) is 0 Å². The number of esters is 1. The molecule has 0 bridgehead atoms. The molecule has 0 aliphatic rings. The highest BCUT2D eigenvalue weighted by Crippen LogP contribution is 2.25. The standard InChI is InChI=1S/C15H12Cl2N2O3/c1-9(22-15(21)13-4-2-3-7-18-13)14(20)19-12-6-5-10(16)8-11(12)17/h2-9H,1H3,(H,19,20). The first-order chi connectivity index (χ1) is 10.5. The molecule has 1 amide bonds. The smallest absolute Gasteiger partial charge is 0.357 e. The lowest BCUT2D eigenvalue weighted by Crippen LogP contribution is -2.30. The Morgan fingerprint density at radius 3 is 2.64 bits per heavy atom. The van der Waals surface area contributed by atoms with Crippen molar-refractivity contribution in [3.8, 4) is 0 Å². The van der Waals surface area contributed by atoms with Crippen LogP contribution in [0.15, 0.2) is 42.6 Å². The molecule has 114 valence electrons. The van der Waals surface area contributed by atoms with E-state index < -0.39 is 18.0 Å². The number of carbonyl (C=O) groups is 2. The minimum atomic E-state index is -0.999. The van der Waals surface area contributed by atoms with Gasteiger partial charge in [0.1, 0.15) is 5.69 Å². The molecule has 1 atom stereocenters. The molecule has 22 heavy (non-hydrogen) atoms. The van der Waals surface area contributed by atoms with E-state index in [0.717, 1.165) is 0 Å². The summed E-state index contributed by atoms with van der Waals surface area (Å²) in [7, 11) is 0. The molecule has 0 saturated heterocycles. The van der Waals surface area contributed by atoms with Gasteiger partial charge in [0.15, 0.2) is 6.10 Å². The molecule has 0 fully saturated rings. The number of aromatic nitrogens is 1. The van der Waals surface area contributed by atoms with Crippen LogP contribution in [0.4, 0.5) is 5.69 Å². The Labute approximate surface area is 137 Å². The number of hydrogen-bond donors (Lipinski definition) is 1. The highest BCUT2D eigenvalue weighted by Gasteiger charge is 2.20. The van der Waals surface area contributed by atoms with Crippen molar-refractivity contribution in [3.05, 3.63) is 58.3 Å². The van der Waals surface area contributed by atoms with Gasteiger partial charge in [-0.3, -0.25) is 4.79 Å². The van der Waals surface area contributed by atoms with Crippen LogP contribution < -0.4 is 5.32 Å². The fourth-order valence-electron chi connectivity index (χ4n) is 1.58. The fraction of sp³-hybridized carbons (Fsp3) is 0.133. The van der Waals surface area contributed by atoms with Crippen molar-refractivity contribution in [2.45, 2.75) is 13.0 Å². The van der Waals surface area contributed by atoms with Crippen LogP contribution in [0.2, 0.25) is 10.0 Å². The number of pyridine rings is 1. The number of nitrogens with zero attached hydrogens (tertiary/aromatic N) is 1. The van der Waals surface area contributed by atoms with Crippen molar-refractivity contribution in [1.29, 1.82) is 0 Å². The quantitative estimate of drug-likeness (QED) is 0.865. The Morgan fingerprint density at radius 2 is 2.00 bits per heavy atom. The van der Waals surface area contributed by atoms with Crippen LogP contribution in [-0.2, 0) is 9.53 Å². The van der Waals surface area contributed by atoms with Crippen molar-refractivity contribution < 1.29 is 14.3 Å². The predicted octanol–water partition coefficient (Wildman–Crippen LogP) is 3.57. The first-order valence-electron chi connectivity index (χ1n) is 6.35. The number of ether oxygens (including phenoxy) is 1. The van der Waals surface area contributed by atoms with E-state index >= 15 is 0 Å². The number of benzene rings is 1. The van der Waals surface area contributed by atoms with E-state index in [1.165, 1.54) is 25.3 Å². The highest BCUT2D eigenvalue weighted by atomic mass is 35.5. The van der Waals surface area contributed by atoms with E-state index in [1.807, 2.05) is 0 Å². The van der Waals surface area contributed by atoms with E-state index in [1.54, 1.807) is 24.3 Å². The van der Waals surface area contributed by atoms with E-state index in [0.29, 0.717) is 15.7 Å². The second-order valence-electron chi connectivity index (χ2n) is 4.38. The van der Waals surface area contributed by atoms with Gasteiger partial charge in [0.2, 0.25) is 0 Å². The molecule has 1 N–H and O–H groups in total. The van der Waals surface area contributed by atoms with Crippen molar-refractivity contribution in [2.75, 3.05) is 5.32 Å². The Kier molecular flexibility index (Phi) is 5.35. The highest BCUT2D eigenvalue weighted by molar-refractivity contribution is 6.36. The summed E-state index contributed by atoms with van der Waals surface area (Å²) < 4.78 is 5.05. The molecule has 1 unspecified atom stereocenters. The number of nitrogens with one attached hydrogen (secondary N) is 1. The predicted molar refractivity (Wildman–Crippen MR) is 84.2 cm³/mol. The molecule has 2 rings (SSSR count). The molecule has 0 aliphatic carbocycles. The van der Waals surface area contributed by atoms with Crippen LogP contribution in [0.25, 0.3) is 0 Å². The third-order valence-electron chi connectivity index (χ3n) is 2.72. The van der Waals surface area contributed by atoms with Crippen LogP contribution in [0, 0.1) is 0 Å². The number of carbonyl (C=O) groups excluding carboxylic acids is 2. The summed E-state index contributed by atoms with van der Waals surface area (Å²) in [6.07, 6.45) is 0.468. The van der Waals surface area contributed by atoms with Crippen LogP contribution in [0.5, 0.6) is 0 Å². The zero-order chi connectivity index (χ0) is 16.1. The molecule has 1 heterocycles. The zero-order valence-corrected chi connectivity index (χ0v) is 13.1. The molecule has 0 radical (unpaired) electrons. The van der Waals surface area contributed by atoms with Gasteiger partial charge >= 0.3 is 5.97 Å². The summed E-state index contributed by atoms with van der Waals surface area (Å²) in [5.41, 5.74) is 0.517. The second kappa shape index (κ2) is 7.24. The maximum atomic E-state index is 12.0. The monoisotopic (exact) mass is 338 g/mol. The van der Waals surface area contributed by atoms with Crippen LogP contribution in [0.1, 0.15) is 17.4 Å². The van der Waals surface area contributed by atoms with Crippen molar-refractivity contribution in [3.63, 3.8) is 0 Å². The molecular weight excluding hydrogens is 327 g/mol. The minimum absolute atomic E-state index is 0.131. The van der Waals surface area contributed by atoms with Gasteiger partial charge in [-0.25, -0.2) is 9.78 Å². The summed E-state index contributed by atoms with van der Waals surface area (Å²) in [6, 6.07) is 9.49. The van der Waals surface area contributed by atoms with E-state index in [9.17, 15) is 9.59 Å². The summed E-state index contributed by atoms with van der Waals surface area (Å²) in [5.74, 6) is -1.18. The van der Waals surface area contributed by atoms with Gasteiger partial charge in [-0.2, -0.15) is 0 Å². The van der Waals surface area contributed by atoms with Crippen LogP contribution in [0.3, 0.4) is 0 Å². The van der Waals surface area contributed by atoms with Crippen molar-refractivity contribution >= 4 is 40.8 Å². The van der Waals surface area contributed by atoms with Gasteiger partial charge in [-0.1, -0.05) is 29.3 Å². The average Bonchev–Trinajstić information content (AvgIpc) is 2.50. The zero-order valence-electron chi connectivity index (χ0n) is 11.5. The van der Waals surface area contributed by atoms with E-state index in [4.69, 9.17) is 27.9 Å². The lowest BCUT2D eigenvalue weighted by atomic mass is 10.3. The number of hydrogen-bond acceptors (Lipinski definition) is 4. The van der Waals surface area contributed by atoms with Crippen molar-refractivity contribution in [2.24, 2.45) is 0 Å². The summed E-state index contributed by atoms with van der Waals surface area (Å²) in [4.78, 5) is 27.7. The van der Waals surface area contributed by atoms with Crippen LogP contribution in [-0.4, -0.2) is 23.0 Å².